The van der Waals surface area contributed by atoms with E-state index in [4.69, 9.17) is 15.2 Å². The Kier molecular flexibility index (Phi) is 3.66. The molecule has 6 nitrogen and oxygen atoms in total. The van der Waals surface area contributed by atoms with E-state index < -0.39 is 0 Å². The van der Waals surface area contributed by atoms with Crippen molar-refractivity contribution in [3.63, 3.8) is 0 Å². The van der Waals surface area contributed by atoms with Gasteiger partial charge in [-0.25, -0.2) is 0 Å². The summed E-state index contributed by atoms with van der Waals surface area (Å²) >= 11 is 0. The molecule has 0 amide bonds. The van der Waals surface area contributed by atoms with Crippen molar-refractivity contribution in [2.24, 2.45) is 0 Å². The summed E-state index contributed by atoms with van der Waals surface area (Å²) in [6.45, 7) is 4.48. The van der Waals surface area contributed by atoms with Crippen molar-refractivity contribution in [1.29, 1.82) is 0 Å². The van der Waals surface area contributed by atoms with Crippen molar-refractivity contribution in [3.05, 3.63) is 23.9 Å². The Morgan fingerprint density at radius 3 is 2.83 bits per heavy atom. The van der Waals surface area contributed by atoms with E-state index in [9.17, 15) is 0 Å². The number of anilines is 1. The van der Waals surface area contributed by atoms with Crippen LogP contribution in [0.1, 0.15) is 19.0 Å². The molecule has 2 aromatic heterocycles. The van der Waals surface area contributed by atoms with Crippen molar-refractivity contribution in [3.8, 4) is 17.6 Å². The van der Waals surface area contributed by atoms with Crippen molar-refractivity contribution in [1.82, 2.24) is 15.2 Å². The molecule has 0 aliphatic heterocycles. The number of hydrogen-bond donors (Lipinski definition) is 2. The smallest absolute Gasteiger partial charge is 0.240 e. The molecule has 0 aromatic carbocycles. The van der Waals surface area contributed by atoms with Gasteiger partial charge in [0.05, 0.1) is 12.3 Å². The van der Waals surface area contributed by atoms with Crippen molar-refractivity contribution >= 4 is 5.69 Å². The number of pyridine rings is 1. The summed E-state index contributed by atoms with van der Waals surface area (Å²) in [5, 5.41) is 6.76. The molecule has 0 radical (unpaired) electrons. The quantitative estimate of drug-likeness (QED) is 0.847. The zero-order chi connectivity index (χ0) is 13.0. The number of nitrogens with one attached hydrogen (secondary N) is 1. The fourth-order valence-electron chi connectivity index (χ4n) is 1.36. The summed E-state index contributed by atoms with van der Waals surface area (Å²) in [7, 11) is 0. The molecule has 18 heavy (non-hydrogen) atoms. The highest BCUT2D eigenvalue weighted by Crippen LogP contribution is 2.25. The minimum atomic E-state index is 0.390. The first kappa shape index (κ1) is 12.2. The fraction of sp³-hybridized carbons (Fsp3) is 0.333. The molecule has 2 aromatic rings. The lowest BCUT2D eigenvalue weighted by atomic mass is 10.4. The summed E-state index contributed by atoms with van der Waals surface area (Å²) in [5.41, 5.74) is 7.18. The van der Waals surface area contributed by atoms with Crippen molar-refractivity contribution in [2.75, 3.05) is 12.3 Å². The van der Waals surface area contributed by atoms with E-state index in [0.717, 1.165) is 12.1 Å². The number of rotatable bonds is 5. The van der Waals surface area contributed by atoms with Crippen LogP contribution in [0.25, 0.3) is 0 Å². The fourth-order valence-corrected chi connectivity index (χ4v) is 1.36. The first-order chi connectivity index (χ1) is 8.69. The topological polar surface area (TPSA) is 86.0 Å². The normalized spacial score (nSPS) is 10.3. The van der Waals surface area contributed by atoms with E-state index >= 15 is 0 Å². The van der Waals surface area contributed by atoms with Crippen LogP contribution in [0, 0.1) is 6.92 Å². The molecule has 0 aliphatic rings. The van der Waals surface area contributed by atoms with Gasteiger partial charge in [-0.3, -0.25) is 5.10 Å². The van der Waals surface area contributed by atoms with Crippen LogP contribution >= 0.6 is 0 Å². The molecule has 0 saturated carbocycles. The van der Waals surface area contributed by atoms with Gasteiger partial charge in [0.2, 0.25) is 17.6 Å². The molecule has 2 rings (SSSR count). The summed E-state index contributed by atoms with van der Waals surface area (Å²) in [4.78, 5) is 4.19. The van der Waals surface area contributed by atoms with Crippen molar-refractivity contribution < 1.29 is 9.47 Å². The van der Waals surface area contributed by atoms with Gasteiger partial charge in [-0.05, 0) is 19.4 Å². The molecule has 2 heterocycles. The largest absolute Gasteiger partial charge is 0.476 e. The summed E-state index contributed by atoms with van der Waals surface area (Å²) < 4.78 is 10.9. The number of H-pyrrole nitrogens is 1. The maximum absolute atomic E-state index is 5.76. The molecule has 0 saturated heterocycles. The Bertz CT molecular complexity index is 525. The second-order valence-corrected chi connectivity index (χ2v) is 3.88. The van der Waals surface area contributed by atoms with Crippen LogP contribution in [0.2, 0.25) is 0 Å². The van der Waals surface area contributed by atoms with Crippen LogP contribution in [0.4, 0.5) is 5.69 Å². The van der Waals surface area contributed by atoms with Crippen molar-refractivity contribution in [2.45, 2.75) is 20.3 Å². The average Bonchev–Trinajstić information content (AvgIpc) is 2.75. The number of hydrogen-bond acceptors (Lipinski definition) is 5. The van der Waals surface area contributed by atoms with E-state index in [0.29, 0.717) is 29.9 Å². The summed E-state index contributed by atoms with van der Waals surface area (Å²) in [5.74, 6) is 1.26. The van der Waals surface area contributed by atoms with Crippen LogP contribution in [0.5, 0.6) is 17.6 Å². The lowest BCUT2D eigenvalue weighted by Gasteiger charge is -2.08. The van der Waals surface area contributed by atoms with E-state index in [2.05, 4.69) is 15.2 Å². The highest BCUT2D eigenvalue weighted by atomic mass is 16.5. The third-order valence-corrected chi connectivity index (χ3v) is 2.20. The van der Waals surface area contributed by atoms with Gasteiger partial charge < -0.3 is 15.2 Å². The lowest BCUT2D eigenvalue weighted by molar-refractivity contribution is 0.302. The number of nitrogens with zero attached hydrogens (tertiary/aromatic N) is 2. The predicted octanol–water partition coefficient (Wildman–Crippen LogP) is 2.28. The Morgan fingerprint density at radius 2 is 2.17 bits per heavy atom. The zero-order valence-electron chi connectivity index (χ0n) is 10.4. The van der Waals surface area contributed by atoms with Gasteiger partial charge in [0, 0.05) is 17.8 Å². The van der Waals surface area contributed by atoms with E-state index in [1.807, 2.05) is 13.8 Å². The standard InChI is InChI=1S/C12H16N4O2/c1-3-6-17-12-9(13)4-5-10(14-12)18-11-7-8(2)15-16-11/h4-5,7H,3,6,13H2,1-2H3,(H,15,16). The first-order valence-electron chi connectivity index (χ1n) is 5.78. The highest BCUT2D eigenvalue weighted by molar-refractivity contribution is 5.49. The summed E-state index contributed by atoms with van der Waals surface area (Å²) in [6.07, 6.45) is 0.894. The Labute approximate surface area is 105 Å². The second-order valence-electron chi connectivity index (χ2n) is 3.88. The number of aromatic nitrogens is 3. The van der Waals surface area contributed by atoms with Crippen LogP contribution in [-0.2, 0) is 0 Å². The molecule has 0 atom stereocenters. The van der Waals surface area contributed by atoms with Gasteiger partial charge in [0.25, 0.3) is 0 Å². The lowest BCUT2D eigenvalue weighted by Crippen LogP contribution is -2.02. The SMILES string of the molecule is CCCOc1nc(Oc2cc(C)[nH]n2)ccc1N. The molecule has 0 spiro atoms. The number of aromatic amines is 1. The molecule has 0 aliphatic carbocycles. The van der Waals surface area contributed by atoms with Crippen LogP contribution < -0.4 is 15.2 Å². The Balaban J connectivity index is 2.13. The van der Waals surface area contributed by atoms with Gasteiger partial charge in [-0.15, -0.1) is 5.10 Å². The zero-order valence-corrected chi connectivity index (χ0v) is 10.4. The number of nitrogens with two attached hydrogens (primary N) is 1. The molecule has 6 heteroatoms. The third kappa shape index (κ3) is 2.91. The molecule has 3 N–H and O–H groups in total. The first-order valence-corrected chi connectivity index (χ1v) is 5.78. The molecule has 0 bridgehead atoms. The Hall–Kier alpha value is -2.24. The van der Waals surface area contributed by atoms with Crippen LogP contribution in [0.15, 0.2) is 18.2 Å². The van der Waals surface area contributed by atoms with Gasteiger partial charge in [0.15, 0.2) is 0 Å². The molecular weight excluding hydrogens is 232 g/mol. The molecule has 0 fully saturated rings. The number of ether oxygens (including phenoxy) is 2. The van der Waals surface area contributed by atoms with Crippen LogP contribution in [0.3, 0.4) is 0 Å². The van der Waals surface area contributed by atoms with Gasteiger partial charge in [0.1, 0.15) is 0 Å². The van der Waals surface area contributed by atoms with E-state index in [-0.39, 0.29) is 0 Å². The second kappa shape index (κ2) is 5.39. The Morgan fingerprint density at radius 1 is 1.33 bits per heavy atom. The minimum absolute atomic E-state index is 0.390. The number of aryl methyl sites for hydroxylation is 1. The maximum atomic E-state index is 5.76. The van der Waals surface area contributed by atoms with Crippen LogP contribution in [-0.4, -0.2) is 21.8 Å². The van der Waals surface area contributed by atoms with E-state index in [1.54, 1.807) is 18.2 Å². The van der Waals surface area contributed by atoms with Gasteiger partial charge in [-0.1, -0.05) is 6.92 Å². The predicted molar refractivity (Wildman–Crippen MR) is 67.8 cm³/mol. The summed E-state index contributed by atoms with van der Waals surface area (Å²) in [6, 6.07) is 5.16. The molecule has 0 unspecified atom stereocenters. The van der Waals surface area contributed by atoms with E-state index in [1.165, 1.54) is 0 Å². The molecular formula is C12H16N4O2. The van der Waals surface area contributed by atoms with Gasteiger partial charge in [-0.2, -0.15) is 4.98 Å². The third-order valence-electron chi connectivity index (χ3n) is 2.20. The van der Waals surface area contributed by atoms with Gasteiger partial charge >= 0.3 is 0 Å². The minimum Gasteiger partial charge on any atom is -0.476 e. The maximum Gasteiger partial charge on any atom is 0.240 e. The average molecular weight is 248 g/mol. The highest BCUT2D eigenvalue weighted by Gasteiger charge is 2.07. The monoisotopic (exact) mass is 248 g/mol. The molecule has 96 valence electrons. The number of nitrogen functional groups attached to an aromatic ring is 1.